The quantitative estimate of drug-likeness (QED) is 0.889. The molecule has 132 valence electrons. The summed E-state index contributed by atoms with van der Waals surface area (Å²) in [6.07, 6.45) is 2.74. The van der Waals surface area contributed by atoms with Gasteiger partial charge < -0.3 is 15.4 Å². The average Bonchev–Trinajstić information content (AvgIpc) is 2.48. The lowest BCUT2D eigenvalue weighted by atomic mass is 9.91. The Balaban J connectivity index is 1.75. The summed E-state index contributed by atoms with van der Waals surface area (Å²) in [5.74, 6) is -0.557. The summed E-state index contributed by atoms with van der Waals surface area (Å²) >= 11 is 0. The fraction of sp³-hybridized carbons (Fsp3) is 0.556. The molecule has 2 amide bonds. The van der Waals surface area contributed by atoms with Gasteiger partial charge in [-0.1, -0.05) is 0 Å². The molecule has 0 spiro atoms. The molecule has 0 aromatic heterocycles. The van der Waals surface area contributed by atoms with Crippen molar-refractivity contribution in [3.05, 3.63) is 35.6 Å². The minimum absolute atomic E-state index is 0.0684. The predicted octanol–water partition coefficient (Wildman–Crippen LogP) is 3.39. The van der Waals surface area contributed by atoms with Crippen LogP contribution in [-0.2, 0) is 4.74 Å². The molecule has 0 radical (unpaired) electrons. The van der Waals surface area contributed by atoms with Crippen molar-refractivity contribution in [2.75, 3.05) is 0 Å². The van der Waals surface area contributed by atoms with Gasteiger partial charge in [-0.15, -0.1) is 0 Å². The smallest absolute Gasteiger partial charge is 0.407 e. The zero-order valence-electron chi connectivity index (χ0n) is 14.4. The molecule has 0 atom stereocenters. The molecular weight excluding hydrogens is 311 g/mol. The van der Waals surface area contributed by atoms with E-state index in [4.69, 9.17) is 4.74 Å². The molecule has 0 aliphatic heterocycles. The second-order valence-corrected chi connectivity index (χ2v) is 7.18. The SMILES string of the molecule is CC(C)(C)OC(=O)N[C@H]1CC[C@@H](NC(=O)c2ccc(F)cc2)CC1. The van der Waals surface area contributed by atoms with Gasteiger partial charge in [-0.2, -0.15) is 0 Å². The number of halogens is 1. The zero-order chi connectivity index (χ0) is 17.7. The summed E-state index contributed by atoms with van der Waals surface area (Å²) in [5.41, 5.74) is -0.0601. The van der Waals surface area contributed by atoms with E-state index in [1.807, 2.05) is 20.8 Å². The van der Waals surface area contributed by atoms with Crippen LogP contribution in [0.5, 0.6) is 0 Å². The Labute approximate surface area is 142 Å². The monoisotopic (exact) mass is 336 g/mol. The molecule has 0 saturated heterocycles. The van der Waals surface area contributed by atoms with Crippen molar-refractivity contribution in [2.24, 2.45) is 0 Å². The van der Waals surface area contributed by atoms with Gasteiger partial charge in [0.2, 0.25) is 0 Å². The van der Waals surface area contributed by atoms with E-state index in [0.29, 0.717) is 5.56 Å². The Bertz CT molecular complexity index is 573. The molecule has 0 heterocycles. The van der Waals surface area contributed by atoms with Crippen LogP contribution < -0.4 is 10.6 Å². The van der Waals surface area contributed by atoms with Gasteiger partial charge in [-0.25, -0.2) is 9.18 Å². The molecule has 1 aliphatic carbocycles. The number of amides is 2. The van der Waals surface area contributed by atoms with E-state index in [-0.39, 0.29) is 23.8 Å². The summed E-state index contributed by atoms with van der Waals surface area (Å²) in [4.78, 5) is 23.9. The predicted molar refractivity (Wildman–Crippen MR) is 89.3 cm³/mol. The van der Waals surface area contributed by atoms with Gasteiger partial charge in [0, 0.05) is 17.6 Å². The third-order valence-corrected chi connectivity index (χ3v) is 3.89. The van der Waals surface area contributed by atoms with E-state index in [9.17, 15) is 14.0 Å². The third-order valence-electron chi connectivity index (χ3n) is 3.89. The Hall–Kier alpha value is -2.11. The van der Waals surface area contributed by atoms with Crippen LogP contribution in [0.1, 0.15) is 56.8 Å². The summed E-state index contributed by atoms with van der Waals surface area (Å²) in [7, 11) is 0. The first-order valence-electron chi connectivity index (χ1n) is 8.29. The second kappa shape index (κ2) is 7.64. The highest BCUT2D eigenvalue weighted by Gasteiger charge is 2.25. The molecule has 1 fully saturated rings. The average molecular weight is 336 g/mol. The first kappa shape index (κ1) is 18.2. The van der Waals surface area contributed by atoms with E-state index >= 15 is 0 Å². The lowest BCUT2D eigenvalue weighted by molar-refractivity contribution is 0.0488. The van der Waals surface area contributed by atoms with Crippen LogP contribution in [0, 0.1) is 5.82 Å². The highest BCUT2D eigenvalue weighted by molar-refractivity contribution is 5.94. The molecule has 1 aromatic carbocycles. The number of carbonyl (C=O) groups is 2. The molecule has 2 rings (SSSR count). The number of hydrogen-bond donors (Lipinski definition) is 2. The summed E-state index contributed by atoms with van der Waals surface area (Å²) in [5, 5.41) is 5.83. The molecule has 1 aromatic rings. The largest absolute Gasteiger partial charge is 0.444 e. The first-order chi connectivity index (χ1) is 11.2. The van der Waals surface area contributed by atoms with Crippen molar-refractivity contribution in [2.45, 2.75) is 64.1 Å². The molecule has 2 N–H and O–H groups in total. The van der Waals surface area contributed by atoms with Crippen LogP contribution in [0.2, 0.25) is 0 Å². The number of nitrogens with one attached hydrogen (secondary N) is 2. The van der Waals surface area contributed by atoms with Gasteiger partial charge in [0.25, 0.3) is 5.91 Å². The number of hydrogen-bond acceptors (Lipinski definition) is 3. The van der Waals surface area contributed by atoms with Gasteiger partial charge in [0.15, 0.2) is 0 Å². The van der Waals surface area contributed by atoms with E-state index in [1.54, 1.807) is 0 Å². The van der Waals surface area contributed by atoms with Crippen LogP contribution >= 0.6 is 0 Å². The highest BCUT2D eigenvalue weighted by Crippen LogP contribution is 2.20. The Morgan fingerprint density at radius 3 is 2.00 bits per heavy atom. The fourth-order valence-corrected chi connectivity index (χ4v) is 2.73. The van der Waals surface area contributed by atoms with Crippen molar-refractivity contribution >= 4 is 12.0 Å². The molecule has 1 aliphatic rings. The third kappa shape index (κ3) is 5.83. The minimum Gasteiger partial charge on any atom is -0.444 e. The van der Waals surface area contributed by atoms with Gasteiger partial charge in [-0.3, -0.25) is 4.79 Å². The van der Waals surface area contributed by atoms with Crippen LogP contribution in [-0.4, -0.2) is 29.7 Å². The van der Waals surface area contributed by atoms with E-state index in [1.165, 1.54) is 24.3 Å². The Kier molecular flexibility index (Phi) is 5.80. The topological polar surface area (TPSA) is 67.4 Å². The number of rotatable bonds is 3. The lowest BCUT2D eigenvalue weighted by Gasteiger charge is -2.30. The lowest BCUT2D eigenvalue weighted by Crippen LogP contribution is -2.45. The highest BCUT2D eigenvalue weighted by atomic mass is 19.1. The second-order valence-electron chi connectivity index (χ2n) is 7.18. The maximum Gasteiger partial charge on any atom is 0.407 e. The zero-order valence-corrected chi connectivity index (χ0v) is 14.4. The first-order valence-corrected chi connectivity index (χ1v) is 8.29. The van der Waals surface area contributed by atoms with Crippen molar-refractivity contribution < 1.29 is 18.7 Å². The van der Waals surface area contributed by atoms with Crippen molar-refractivity contribution in [1.82, 2.24) is 10.6 Å². The van der Waals surface area contributed by atoms with Gasteiger partial charge in [-0.05, 0) is 70.7 Å². The number of alkyl carbamates (subject to hydrolysis) is 1. The van der Waals surface area contributed by atoms with Gasteiger partial charge in [0.05, 0.1) is 0 Å². The molecule has 1 saturated carbocycles. The van der Waals surface area contributed by atoms with E-state index < -0.39 is 11.7 Å². The van der Waals surface area contributed by atoms with Crippen LogP contribution in [0.25, 0.3) is 0 Å². The number of ether oxygens (including phenoxy) is 1. The van der Waals surface area contributed by atoms with Crippen molar-refractivity contribution in [3.8, 4) is 0 Å². The van der Waals surface area contributed by atoms with Crippen LogP contribution in [0.3, 0.4) is 0 Å². The standard InChI is InChI=1S/C18H25FN2O3/c1-18(2,3)24-17(23)21-15-10-8-14(9-11-15)20-16(22)12-4-6-13(19)7-5-12/h4-7,14-15H,8-11H2,1-3H3,(H,20,22)(H,21,23)/t14-,15+. The van der Waals surface area contributed by atoms with Gasteiger partial charge >= 0.3 is 6.09 Å². The Morgan fingerprint density at radius 2 is 1.50 bits per heavy atom. The normalized spacial score (nSPS) is 21.0. The fourth-order valence-electron chi connectivity index (χ4n) is 2.73. The minimum atomic E-state index is -0.510. The molecule has 0 bridgehead atoms. The Morgan fingerprint density at radius 1 is 1.00 bits per heavy atom. The van der Waals surface area contributed by atoms with E-state index in [2.05, 4.69) is 10.6 Å². The molecular formula is C18H25FN2O3. The van der Waals surface area contributed by atoms with Gasteiger partial charge in [0.1, 0.15) is 11.4 Å². The van der Waals surface area contributed by atoms with E-state index in [0.717, 1.165) is 25.7 Å². The number of benzene rings is 1. The molecule has 6 heteroatoms. The van der Waals surface area contributed by atoms with Crippen LogP contribution in [0.15, 0.2) is 24.3 Å². The molecule has 0 unspecified atom stereocenters. The maximum absolute atomic E-state index is 12.9. The van der Waals surface area contributed by atoms with Crippen LogP contribution in [0.4, 0.5) is 9.18 Å². The summed E-state index contributed by atoms with van der Waals surface area (Å²) in [6.45, 7) is 5.48. The maximum atomic E-state index is 12.9. The summed E-state index contributed by atoms with van der Waals surface area (Å²) < 4.78 is 18.1. The molecule has 5 nitrogen and oxygen atoms in total. The summed E-state index contributed by atoms with van der Waals surface area (Å²) in [6, 6.07) is 5.63. The number of carbonyl (C=O) groups excluding carboxylic acids is 2. The molecule has 24 heavy (non-hydrogen) atoms. The van der Waals surface area contributed by atoms with Crippen molar-refractivity contribution in [1.29, 1.82) is 0 Å². The van der Waals surface area contributed by atoms with Crippen molar-refractivity contribution in [3.63, 3.8) is 0 Å².